The number of amidine groups is 1. The van der Waals surface area contributed by atoms with Crippen LogP contribution < -0.4 is 9.47 Å². The molecule has 0 bridgehead atoms. The van der Waals surface area contributed by atoms with Gasteiger partial charge in [-0.2, -0.15) is 0 Å². The molecule has 7 nitrogen and oxygen atoms in total. The Morgan fingerprint density at radius 2 is 1.82 bits per heavy atom. The topological polar surface area (TPSA) is 77.4 Å². The van der Waals surface area contributed by atoms with Crippen molar-refractivity contribution in [1.29, 1.82) is 0 Å². The van der Waals surface area contributed by atoms with Crippen molar-refractivity contribution in [2.75, 3.05) is 20.8 Å². The van der Waals surface area contributed by atoms with E-state index in [2.05, 4.69) is 20.9 Å². The van der Waals surface area contributed by atoms with Crippen molar-refractivity contribution >= 4 is 68.1 Å². The summed E-state index contributed by atoms with van der Waals surface area (Å²) in [6.45, 7) is 2.62. The van der Waals surface area contributed by atoms with Gasteiger partial charge in [-0.3, -0.25) is 9.69 Å². The van der Waals surface area contributed by atoms with Crippen molar-refractivity contribution in [3.8, 4) is 11.5 Å². The van der Waals surface area contributed by atoms with Gasteiger partial charge in [0.25, 0.3) is 5.91 Å². The van der Waals surface area contributed by atoms with Crippen LogP contribution in [0.2, 0.25) is 5.02 Å². The van der Waals surface area contributed by atoms with E-state index in [4.69, 9.17) is 25.8 Å². The van der Waals surface area contributed by atoms with Crippen LogP contribution in [0.5, 0.6) is 11.5 Å². The average molecular weight is 616 g/mol. The van der Waals surface area contributed by atoms with Crippen LogP contribution in [0.15, 0.2) is 75.0 Å². The summed E-state index contributed by atoms with van der Waals surface area (Å²) in [4.78, 5) is 31.2. The minimum atomic E-state index is -0.422. The van der Waals surface area contributed by atoms with Gasteiger partial charge in [0.1, 0.15) is 6.61 Å². The van der Waals surface area contributed by atoms with Crippen LogP contribution in [0.4, 0.5) is 5.69 Å². The first-order valence-electron chi connectivity index (χ1n) is 11.6. The highest BCUT2D eigenvalue weighted by atomic mass is 79.9. The molecule has 0 spiro atoms. The van der Waals surface area contributed by atoms with Crippen molar-refractivity contribution in [2.45, 2.75) is 13.5 Å². The number of hydrogen-bond acceptors (Lipinski definition) is 7. The molecule has 3 aromatic carbocycles. The van der Waals surface area contributed by atoms with E-state index < -0.39 is 5.97 Å². The minimum Gasteiger partial charge on any atom is -0.490 e. The number of ether oxygens (including phenoxy) is 3. The van der Waals surface area contributed by atoms with E-state index in [0.717, 1.165) is 15.6 Å². The Hall–Kier alpha value is -3.27. The number of thioether (sulfide) groups is 1. The molecule has 0 aliphatic carbocycles. The molecule has 10 heteroatoms. The van der Waals surface area contributed by atoms with E-state index in [9.17, 15) is 9.59 Å². The zero-order valence-corrected chi connectivity index (χ0v) is 24.0. The van der Waals surface area contributed by atoms with E-state index in [0.29, 0.717) is 44.5 Å². The highest BCUT2D eigenvalue weighted by Gasteiger charge is 2.30. The zero-order valence-electron chi connectivity index (χ0n) is 20.9. The highest BCUT2D eigenvalue weighted by molar-refractivity contribution is 9.10. The third kappa shape index (κ3) is 6.40. The van der Waals surface area contributed by atoms with Crippen LogP contribution in [-0.4, -0.2) is 42.7 Å². The van der Waals surface area contributed by atoms with Gasteiger partial charge in [0.15, 0.2) is 16.7 Å². The lowest BCUT2D eigenvalue weighted by atomic mass is 10.1. The number of hydrogen-bond donors (Lipinski definition) is 0. The van der Waals surface area contributed by atoms with Crippen molar-refractivity contribution in [3.63, 3.8) is 0 Å². The Labute approximate surface area is 238 Å². The van der Waals surface area contributed by atoms with E-state index >= 15 is 0 Å². The Kier molecular flexibility index (Phi) is 9.14. The smallest absolute Gasteiger partial charge is 0.337 e. The fourth-order valence-electron chi connectivity index (χ4n) is 3.51. The van der Waals surface area contributed by atoms with Gasteiger partial charge in [-0.1, -0.05) is 45.7 Å². The van der Waals surface area contributed by atoms with Crippen molar-refractivity contribution < 1.29 is 23.8 Å². The zero-order chi connectivity index (χ0) is 27.2. The minimum absolute atomic E-state index is 0.177. The number of rotatable bonds is 8. The average Bonchev–Trinajstić information content (AvgIpc) is 3.18. The Bertz CT molecular complexity index is 1430. The molecular weight excluding hydrogens is 592 g/mol. The lowest BCUT2D eigenvalue weighted by Crippen LogP contribution is -2.23. The monoisotopic (exact) mass is 614 g/mol. The molecular formula is C28H24BrClN2O5S. The van der Waals surface area contributed by atoms with Crippen LogP contribution in [0.25, 0.3) is 6.08 Å². The van der Waals surface area contributed by atoms with E-state index in [1.807, 2.05) is 43.3 Å². The number of aliphatic imine (C=N–C) groups is 1. The summed E-state index contributed by atoms with van der Waals surface area (Å²) in [5.41, 5.74) is 2.66. The van der Waals surface area contributed by atoms with Gasteiger partial charge in [0.05, 0.1) is 29.9 Å². The molecule has 196 valence electrons. The van der Waals surface area contributed by atoms with Crippen molar-refractivity contribution in [3.05, 3.63) is 91.8 Å². The molecule has 3 aromatic rings. The third-order valence-electron chi connectivity index (χ3n) is 5.51. The number of amides is 1. The number of likely N-dealkylation sites (N-methyl/N-ethyl adjacent to an activating group) is 1. The predicted octanol–water partition coefficient (Wildman–Crippen LogP) is 7.10. The second kappa shape index (κ2) is 12.5. The maximum Gasteiger partial charge on any atom is 0.337 e. The van der Waals surface area contributed by atoms with Crippen molar-refractivity contribution in [2.24, 2.45) is 4.99 Å². The third-order valence-corrected chi connectivity index (χ3v) is 7.62. The molecule has 1 aliphatic rings. The molecule has 0 unspecified atom stereocenters. The Balaban J connectivity index is 1.57. The molecule has 1 fully saturated rings. The van der Waals surface area contributed by atoms with Gasteiger partial charge < -0.3 is 14.2 Å². The van der Waals surface area contributed by atoms with Crippen molar-refractivity contribution in [1.82, 2.24) is 4.90 Å². The number of methoxy groups -OCH3 is 1. The summed E-state index contributed by atoms with van der Waals surface area (Å²) < 4.78 is 17.3. The van der Waals surface area contributed by atoms with Crippen LogP contribution in [-0.2, 0) is 16.1 Å². The van der Waals surface area contributed by atoms with Gasteiger partial charge in [0, 0.05) is 22.1 Å². The number of esters is 1. The van der Waals surface area contributed by atoms with Crippen LogP contribution in [0.1, 0.15) is 28.4 Å². The molecule has 0 saturated carbocycles. The Morgan fingerprint density at radius 1 is 1.11 bits per heavy atom. The van der Waals surface area contributed by atoms with E-state index in [1.165, 1.54) is 23.8 Å². The van der Waals surface area contributed by atoms with E-state index in [-0.39, 0.29) is 12.5 Å². The van der Waals surface area contributed by atoms with Gasteiger partial charge in [-0.25, -0.2) is 9.79 Å². The summed E-state index contributed by atoms with van der Waals surface area (Å²) in [5.74, 6) is 0.511. The molecule has 0 atom stereocenters. The lowest BCUT2D eigenvalue weighted by molar-refractivity contribution is -0.121. The molecule has 4 rings (SSSR count). The number of nitrogens with zero attached hydrogens (tertiary/aromatic N) is 2. The maximum atomic E-state index is 13.0. The summed E-state index contributed by atoms with van der Waals surface area (Å²) >= 11 is 11.1. The second-order valence-electron chi connectivity index (χ2n) is 8.04. The SMILES string of the molecule is CCOc1cc(/C=C2\SC(=Nc3ccc(C(=O)OC)cc3)N(C)C2=O)c(Br)cc1OCc1ccccc1Cl. The molecule has 1 aliphatic heterocycles. The molecule has 1 saturated heterocycles. The molecule has 1 amide bonds. The molecule has 1 heterocycles. The molecule has 38 heavy (non-hydrogen) atoms. The molecule has 0 radical (unpaired) electrons. The Morgan fingerprint density at radius 3 is 2.50 bits per heavy atom. The van der Waals surface area contributed by atoms with Crippen LogP contribution in [0, 0.1) is 0 Å². The van der Waals surface area contributed by atoms with Gasteiger partial charge in [0.2, 0.25) is 0 Å². The van der Waals surface area contributed by atoms with E-state index in [1.54, 1.807) is 37.4 Å². The normalized spacial score (nSPS) is 15.3. The lowest BCUT2D eigenvalue weighted by Gasteiger charge is -2.14. The first kappa shape index (κ1) is 27.8. The molecule has 0 aromatic heterocycles. The second-order valence-corrected chi connectivity index (χ2v) is 10.3. The number of carbonyl (C=O) groups is 2. The number of carbonyl (C=O) groups excluding carboxylic acids is 2. The standard InChI is InChI=1S/C28H24BrClN2O5S/c1-4-36-23-13-19(21(29)15-24(23)37-16-18-7-5-6-8-22(18)30)14-25-26(33)32(2)28(38-25)31-20-11-9-17(10-12-20)27(34)35-3/h5-15H,4,16H2,1-3H3/b25-14-,31-28?. The highest BCUT2D eigenvalue weighted by Crippen LogP contribution is 2.39. The fraction of sp³-hybridized carbons (Fsp3) is 0.179. The summed E-state index contributed by atoms with van der Waals surface area (Å²) in [6.07, 6.45) is 1.79. The van der Waals surface area contributed by atoms with Crippen LogP contribution in [0.3, 0.4) is 0 Å². The first-order valence-corrected chi connectivity index (χ1v) is 13.6. The van der Waals surface area contributed by atoms with Gasteiger partial charge in [-0.05, 0) is 72.8 Å². The quantitative estimate of drug-likeness (QED) is 0.199. The summed E-state index contributed by atoms with van der Waals surface area (Å²) in [7, 11) is 3.00. The van der Waals surface area contributed by atoms with Crippen LogP contribution >= 0.6 is 39.3 Å². The maximum absolute atomic E-state index is 13.0. The first-order chi connectivity index (χ1) is 18.3. The largest absolute Gasteiger partial charge is 0.490 e. The summed E-state index contributed by atoms with van der Waals surface area (Å²) in [6, 6.07) is 17.8. The number of halogens is 2. The fourth-order valence-corrected chi connectivity index (χ4v) is 5.11. The van der Waals surface area contributed by atoms with Gasteiger partial charge in [-0.15, -0.1) is 0 Å². The predicted molar refractivity (Wildman–Crippen MR) is 154 cm³/mol. The van der Waals surface area contributed by atoms with Gasteiger partial charge >= 0.3 is 5.97 Å². The summed E-state index contributed by atoms with van der Waals surface area (Å²) in [5, 5.41) is 1.15. The number of benzene rings is 3. The molecule has 0 N–H and O–H groups in total.